The maximum Gasteiger partial charge on any atom is 0.254 e. The quantitative estimate of drug-likeness (QED) is 0.236. The van der Waals surface area contributed by atoms with E-state index in [9.17, 15) is 13.6 Å². The summed E-state index contributed by atoms with van der Waals surface area (Å²) in [6, 6.07) is 21.2. The molecule has 6 nitrogen and oxygen atoms in total. The van der Waals surface area contributed by atoms with Gasteiger partial charge in [-0.1, -0.05) is 44.2 Å². The molecular weight excluding hydrogens is 500 g/mol. The van der Waals surface area contributed by atoms with Crippen LogP contribution in [0.3, 0.4) is 0 Å². The number of ether oxygens (including phenoxy) is 2. The predicted molar refractivity (Wildman–Crippen MR) is 144 cm³/mol. The van der Waals surface area contributed by atoms with Gasteiger partial charge < -0.3 is 14.4 Å². The van der Waals surface area contributed by atoms with Gasteiger partial charge in [0.1, 0.15) is 5.82 Å². The highest BCUT2D eigenvalue weighted by molar-refractivity contribution is 5.94. The Morgan fingerprint density at radius 1 is 1.05 bits per heavy atom. The Kier molecular flexibility index (Phi) is 8.02. The van der Waals surface area contributed by atoms with Crippen LogP contribution in [0, 0.1) is 11.6 Å². The Bertz CT molecular complexity index is 1420. The second-order valence-corrected chi connectivity index (χ2v) is 9.93. The molecule has 1 aliphatic rings. The summed E-state index contributed by atoms with van der Waals surface area (Å²) in [5, 5.41) is 4.88. The third kappa shape index (κ3) is 6.01. The van der Waals surface area contributed by atoms with Crippen molar-refractivity contribution in [3.8, 4) is 17.3 Å². The minimum Gasteiger partial charge on any atom is -0.435 e. The summed E-state index contributed by atoms with van der Waals surface area (Å²) in [5.41, 5.74) is 2.51. The number of rotatable bonds is 9. The molecule has 0 N–H and O–H groups in total. The van der Waals surface area contributed by atoms with Crippen LogP contribution in [-0.4, -0.2) is 39.8 Å². The van der Waals surface area contributed by atoms with Gasteiger partial charge in [-0.15, -0.1) is 0 Å². The van der Waals surface area contributed by atoms with Gasteiger partial charge in [-0.25, -0.2) is 13.5 Å². The summed E-state index contributed by atoms with van der Waals surface area (Å²) in [5.74, 6) is -0.804. The molecule has 5 rings (SSSR count). The SMILES string of the molecule is CC(C)c1nn(-c2ccccc2)c(Oc2ccccc2F)c1CN(CC1CCCO1)C(=O)c1ccc(F)cc1. The fraction of sp³-hybridized carbons (Fsp3) is 0.290. The van der Waals surface area contributed by atoms with Crippen molar-refractivity contribution in [3.05, 3.63) is 107 Å². The Balaban J connectivity index is 1.61. The highest BCUT2D eigenvalue weighted by Crippen LogP contribution is 2.36. The van der Waals surface area contributed by atoms with Gasteiger partial charge in [0.15, 0.2) is 11.6 Å². The van der Waals surface area contributed by atoms with Gasteiger partial charge in [-0.3, -0.25) is 4.79 Å². The van der Waals surface area contributed by atoms with E-state index in [4.69, 9.17) is 14.6 Å². The normalized spacial score (nSPS) is 15.1. The van der Waals surface area contributed by atoms with Crippen LogP contribution < -0.4 is 4.74 Å². The molecule has 1 fully saturated rings. The molecule has 4 aromatic rings. The van der Waals surface area contributed by atoms with E-state index in [1.165, 1.54) is 30.3 Å². The molecule has 0 spiro atoms. The molecule has 3 aromatic carbocycles. The van der Waals surface area contributed by atoms with Gasteiger partial charge >= 0.3 is 0 Å². The molecule has 0 saturated carbocycles. The number of amides is 1. The molecule has 1 unspecified atom stereocenters. The van der Waals surface area contributed by atoms with Crippen LogP contribution in [0.1, 0.15) is 54.2 Å². The second-order valence-electron chi connectivity index (χ2n) is 9.93. The van der Waals surface area contributed by atoms with E-state index >= 15 is 0 Å². The van der Waals surface area contributed by atoms with Crippen LogP contribution in [0.5, 0.6) is 11.6 Å². The minimum absolute atomic E-state index is 0.0153. The zero-order valence-corrected chi connectivity index (χ0v) is 22.0. The highest BCUT2D eigenvalue weighted by Gasteiger charge is 2.30. The van der Waals surface area contributed by atoms with Crippen molar-refractivity contribution in [3.63, 3.8) is 0 Å². The molecule has 202 valence electrons. The number of hydrogen-bond acceptors (Lipinski definition) is 4. The van der Waals surface area contributed by atoms with E-state index in [0.29, 0.717) is 30.2 Å². The summed E-state index contributed by atoms with van der Waals surface area (Å²) in [7, 11) is 0. The number of aromatic nitrogens is 2. The van der Waals surface area contributed by atoms with Crippen LogP contribution in [0.25, 0.3) is 5.69 Å². The first-order chi connectivity index (χ1) is 18.9. The third-order valence-electron chi connectivity index (χ3n) is 6.73. The molecule has 0 bridgehead atoms. The molecule has 0 radical (unpaired) electrons. The van der Waals surface area contributed by atoms with E-state index < -0.39 is 11.6 Å². The summed E-state index contributed by atoms with van der Waals surface area (Å²) < 4.78 is 42.1. The number of carbonyl (C=O) groups is 1. The Morgan fingerprint density at radius 3 is 2.44 bits per heavy atom. The Hall–Kier alpha value is -4.04. The standard InChI is InChI=1S/C31H31F2N3O3/c1-21(2)29-26(20-35(19-25-11-8-18-38-25)30(37)22-14-16-23(32)17-15-22)31(39-28-13-7-6-12-27(28)33)36(34-29)24-9-4-3-5-10-24/h3-7,9-10,12-17,21,25H,8,11,18-20H2,1-2H3. The molecular formula is C31H31F2N3O3. The van der Waals surface area contributed by atoms with Gasteiger partial charge in [0.2, 0.25) is 5.88 Å². The Morgan fingerprint density at radius 2 is 1.77 bits per heavy atom. The lowest BCUT2D eigenvalue weighted by atomic mass is 10.0. The monoisotopic (exact) mass is 531 g/mol. The van der Waals surface area contributed by atoms with E-state index in [-0.39, 0.29) is 30.2 Å². The van der Waals surface area contributed by atoms with Gasteiger partial charge in [-0.2, -0.15) is 5.10 Å². The molecule has 8 heteroatoms. The van der Waals surface area contributed by atoms with Crippen molar-refractivity contribution in [2.75, 3.05) is 13.2 Å². The van der Waals surface area contributed by atoms with Crippen LogP contribution in [0.15, 0.2) is 78.9 Å². The van der Waals surface area contributed by atoms with Crippen LogP contribution in [0.2, 0.25) is 0 Å². The smallest absolute Gasteiger partial charge is 0.254 e. The number of hydrogen-bond donors (Lipinski definition) is 0. The zero-order valence-electron chi connectivity index (χ0n) is 22.0. The fourth-order valence-corrected chi connectivity index (χ4v) is 4.76. The first-order valence-corrected chi connectivity index (χ1v) is 13.2. The van der Waals surface area contributed by atoms with E-state index in [0.717, 1.165) is 24.2 Å². The highest BCUT2D eigenvalue weighted by atomic mass is 19.1. The topological polar surface area (TPSA) is 56.6 Å². The summed E-state index contributed by atoms with van der Waals surface area (Å²) >= 11 is 0. The van der Waals surface area contributed by atoms with Gasteiger partial charge in [0.05, 0.1) is 29.6 Å². The zero-order chi connectivity index (χ0) is 27.4. The fourth-order valence-electron chi connectivity index (χ4n) is 4.76. The lowest BCUT2D eigenvalue weighted by Gasteiger charge is -2.26. The van der Waals surface area contributed by atoms with Crippen LogP contribution in [0.4, 0.5) is 8.78 Å². The molecule has 1 aromatic heterocycles. The van der Waals surface area contributed by atoms with Gasteiger partial charge in [0, 0.05) is 18.7 Å². The summed E-state index contributed by atoms with van der Waals surface area (Å²) in [6.45, 7) is 5.18. The molecule has 1 saturated heterocycles. The Labute approximate surface area is 226 Å². The molecule has 39 heavy (non-hydrogen) atoms. The second kappa shape index (κ2) is 11.8. The number of para-hydroxylation sites is 2. The van der Waals surface area contributed by atoms with Crippen molar-refractivity contribution < 1.29 is 23.0 Å². The maximum atomic E-state index is 14.8. The van der Waals surface area contributed by atoms with Crippen molar-refractivity contribution >= 4 is 5.91 Å². The van der Waals surface area contributed by atoms with Crippen molar-refractivity contribution in [2.45, 2.75) is 45.3 Å². The van der Waals surface area contributed by atoms with Crippen molar-refractivity contribution in [1.82, 2.24) is 14.7 Å². The average Bonchev–Trinajstić information content (AvgIpc) is 3.58. The maximum absolute atomic E-state index is 14.8. The van der Waals surface area contributed by atoms with E-state index in [1.807, 2.05) is 44.2 Å². The first kappa shape index (κ1) is 26.6. The average molecular weight is 532 g/mol. The third-order valence-corrected chi connectivity index (χ3v) is 6.73. The van der Waals surface area contributed by atoms with Crippen LogP contribution >= 0.6 is 0 Å². The predicted octanol–water partition coefficient (Wildman–Crippen LogP) is 6.89. The largest absolute Gasteiger partial charge is 0.435 e. The molecule has 1 aliphatic heterocycles. The van der Waals surface area contributed by atoms with Crippen molar-refractivity contribution in [1.29, 1.82) is 0 Å². The number of carbonyl (C=O) groups excluding carboxylic acids is 1. The lowest BCUT2D eigenvalue weighted by molar-refractivity contribution is 0.0505. The minimum atomic E-state index is -0.506. The van der Waals surface area contributed by atoms with E-state index in [2.05, 4.69) is 0 Å². The number of nitrogens with zero attached hydrogens (tertiary/aromatic N) is 3. The van der Waals surface area contributed by atoms with E-state index in [1.54, 1.807) is 27.8 Å². The van der Waals surface area contributed by atoms with Crippen molar-refractivity contribution in [2.24, 2.45) is 0 Å². The summed E-state index contributed by atoms with van der Waals surface area (Å²) in [6.07, 6.45) is 1.65. The molecule has 1 atom stereocenters. The van der Waals surface area contributed by atoms with Gasteiger partial charge in [-0.05, 0) is 67.3 Å². The van der Waals surface area contributed by atoms with Crippen LogP contribution in [-0.2, 0) is 11.3 Å². The summed E-state index contributed by atoms with van der Waals surface area (Å²) in [4.78, 5) is 15.4. The first-order valence-electron chi connectivity index (χ1n) is 13.2. The molecule has 1 amide bonds. The molecule has 0 aliphatic carbocycles. The lowest BCUT2D eigenvalue weighted by Crippen LogP contribution is -2.37. The number of benzene rings is 3. The number of halogens is 2. The van der Waals surface area contributed by atoms with Gasteiger partial charge in [0.25, 0.3) is 5.91 Å². The molecule has 2 heterocycles.